The number of hydrogen-bond donors (Lipinski definition) is 2. The number of unbranched alkanes of at least 4 members (excludes halogenated alkanes) is 1. The van der Waals surface area contributed by atoms with Crippen LogP contribution in [0, 0.1) is 0 Å². The summed E-state index contributed by atoms with van der Waals surface area (Å²) in [5.41, 5.74) is 1.45. The van der Waals surface area contributed by atoms with Crippen LogP contribution in [0.3, 0.4) is 0 Å². The van der Waals surface area contributed by atoms with Gasteiger partial charge in [0.2, 0.25) is 0 Å². The first-order chi connectivity index (χ1) is 11.1. The van der Waals surface area contributed by atoms with Crippen LogP contribution in [0.25, 0.3) is 0 Å². The second kappa shape index (κ2) is 10.0. The summed E-state index contributed by atoms with van der Waals surface area (Å²) in [6, 6.07) is 8.15. The number of aliphatic imine (C=N–C) groups is 1. The molecule has 0 heterocycles. The molecule has 1 unspecified atom stereocenters. The number of nitrogens with one attached hydrogen (secondary N) is 1. The summed E-state index contributed by atoms with van der Waals surface area (Å²) >= 11 is 0. The largest absolute Gasteiger partial charge is 0.383 e. The van der Waals surface area contributed by atoms with Crippen LogP contribution >= 0.6 is 24.0 Å². The van der Waals surface area contributed by atoms with Crippen LogP contribution in [0.2, 0.25) is 0 Å². The van der Waals surface area contributed by atoms with Crippen LogP contribution < -0.4 is 5.32 Å². The van der Waals surface area contributed by atoms with Crippen LogP contribution in [-0.4, -0.2) is 42.6 Å². The molecule has 1 aromatic carbocycles. The van der Waals surface area contributed by atoms with Gasteiger partial charge in [-0.1, -0.05) is 30.3 Å². The van der Waals surface area contributed by atoms with Gasteiger partial charge in [0.05, 0.1) is 6.54 Å². The number of halogens is 1. The molecule has 0 aliphatic heterocycles. The van der Waals surface area contributed by atoms with Crippen molar-refractivity contribution in [2.24, 2.45) is 4.99 Å². The summed E-state index contributed by atoms with van der Waals surface area (Å²) < 4.78 is 0. The number of allylic oxidation sites excluding steroid dienone is 1. The lowest BCUT2D eigenvalue weighted by molar-refractivity contribution is 0.0483. The molecule has 134 valence electrons. The summed E-state index contributed by atoms with van der Waals surface area (Å²) in [7, 11) is 2.04. The fourth-order valence-electron chi connectivity index (χ4n) is 3.09. The molecular formula is C19H30IN3O. The van der Waals surface area contributed by atoms with E-state index in [1.54, 1.807) is 0 Å². The molecule has 4 nitrogen and oxygen atoms in total. The number of rotatable bonds is 7. The van der Waals surface area contributed by atoms with Crippen LogP contribution in [0.5, 0.6) is 0 Å². The first-order valence-electron chi connectivity index (χ1n) is 8.52. The highest BCUT2D eigenvalue weighted by molar-refractivity contribution is 14.0. The third-order valence-corrected chi connectivity index (χ3v) is 4.42. The monoisotopic (exact) mass is 443 g/mol. The van der Waals surface area contributed by atoms with Crippen LogP contribution in [0.1, 0.15) is 37.3 Å². The maximum absolute atomic E-state index is 11.0. The second-order valence-corrected chi connectivity index (χ2v) is 6.21. The van der Waals surface area contributed by atoms with Crippen molar-refractivity contribution in [2.45, 2.75) is 38.2 Å². The van der Waals surface area contributed by atoms with E-state index in [4.69, 9.17) is 4.99 Å². The van der Waals surface area contributed by atoms with Gasteiger partial charge < -0.3 is 15.3 Å². The molecule has 0 fully saturated rings. The standard InChI is InChI=1S/C19H29N3O.HI/c1-4-6-9-14-22(3)18(20-5-2)21-15-19(23)13-12-16-10-7-8-11-17(16)19;/h4,7-8,10-11,23H,1,5-6,9,12-15H2,2-3H3,(H,20,21);1H. The molecule has 2 N–H and O–H groups in total. The third kappa shape index (κ3) is 5.21. The highest BCUT2D eigenvalue weighted by atomic mass is 127. The van der Waals surface area contributed by atoms with Gasteiger partial charge in [-0.2, -0.15) is 0 Å². The summed E-state index contributed by atoms with van der Waals surface area (Å²) in [6.45, 7) is 7.97. The average Bonchev–Trinajstić information content (AvgIpc) is 2.90. The lowest BCUT2D eigenvalue weighted by atomic mass is 9.96. The Kier molecular flexibility index (Phi) is 8.76. The van der Waals surface area contributed by atoms with E-state index < -0.39 is 5.60 Å². The molecule has 0 amide bonds. The average molecular weight is 443 g/mol. The third-order valence-electron chi connectivity index (χ3n) is 4.42. The number of aryl methyl sites for hydroxylation is 1. The maximum atomic E-state index is 11.0. The minimum Gasteiger partial charge on any atom is -0.383 e. The molecule has 1 aliphatic rings. The molecule has 24 heavy (non-hydrogen) atoms. The van der Waals surface area contributed by atoms with Crippen LogP contribution in [0.15, 0.2) is 41.9 Å². The van der Waals surface area contributed by atoms with Gasteiger partial charge in [-0.05, 0) is 43.7 Å². The van der Waals surface area contributed by atoms with E-state index in [-0.39, 0.29) is 24.0 Å². The van der Waals surface area contributed by atoms with Crippen molar-refractivity contribution in [3.8, 4) is 0 Å². The fraction of sp³-hybridized carbons (Fsp3) is 0.526. The number of nitrogens with zero attached hydrogens (tertiary/aromatic N) is 2. The summed E-state index contributed by atoms with van der Waals surface area (Å²) in [6.07, 6.45) is 5.66. The zero-order valence-electron chi connectivity index (χ0n) is 14.8. The predicted octanol–water partition coefficient (Wildman–Crippen LogP) is 3.30. The van der Waals surface area contributed by atoms with Crippen molar-refractivity contribution in [3.05, 3.63) is 48.0 Å². The number of guanidine groups is 1. The van der Waals surface area contributed by atoms with E-state index in [1.165, 1.54) is 5.56 Å². The molecule has 5 heteroatoms. The molecule has 0 spiro atoms. The van der Waals surface area contributed by atoms with Crippen molar-refractivity contribution in [1.29, 1.82) is 0 Å². The number of hydrogen-bond acceptors (Lipinski definition) is 2. The lowest BCUT2D eigenvalue weighted by Crippen LogP contribution is -2.40. The molecule has 2 rings (SSSR count). The SMILES string of the molecule is C=CCCCN(C)C(=NCC1(O)CCc2ccccc21)NCC.I. The molecule has 1 aromatic rings. The van der Waals surface area contributed by atoms with E-state index in [2.05, 4.69) is 29.8 Å². The van der Waals surface area contributed by atoms with E-state index >= 15 is 0 Å². The first-order valence-corrected chi connectivity index (χ1v) is 8.52. The minimum absolute atomic E-state index is 0. The van der Waals surface area contributed by atoms with E-state index in [1.807, 2.05) is 31.3 Å². The van der Waals surface area contributed by atoms with Gasteiger partial charge >= 0.3 is 0 Å². The molecule has 0 aromatic heterocycles. The zero-order valence-corrected chi connectivity index (χ0v) is 17.1. The molecule has 0 saturated carbocycles. The van der Waals surface area contributed by atoms with Gasteiger partial charge in [-0.25, -0.2) is 4.99 Å². The molecule has 1 atom stereocenters. The van der Waals surface area contributed by atoms with Crippen molar-refractivity contribution < 1.29 is 5.11 Å². The van der Waals surface area contributed by atoms with Crippen LogP contribution in [-0.2, 0) is 12.0 Å². The van der Waals surface area contributed by atoms with Crippen molar-refractivity contribution in [3.63, 3.8) is 0 Å². The summed E-state index contributed by atoms with van der Waals surface area (Å²) in [5.74, 6) is 0.856. The maximum Gasteiger partial charge on any atom is 0.193 e. The Morgan fingerprint density at radius 3 is 2.92 bits per heavy atom. The lowest BCUT2D eigenvalue weighted by Gasteiger charge is -2.25. The molecule has 0 saturated heterocycles. The van der Waals surface area contributed by atoms with Crippen molar-refractivity contribution in [2.75, 3.05) is 26.7 Å². The van der Waals surface area contributed by atoms with Gasteiger partial charge in [-0.15, -0.1) is 30.6 Å². The Hall–Kier alpha value is -1.08. The molecular weight excluding hydrogens is 413 g/mol. The van der Waals surface area contributed by atoms with Crippen LogP contribution in [0.4, 0.5) is 0 Å². The molecule has 1 aliphatic carbocycles. The summed E-state index contributed by atoms with van der Waals surface area (Å²) in [5, 5.41) is 14.3. The smallest absolute Gasteiger partial charge is 0.193 e. The Bertz CT molecular complexity index is 561. The van der Waals surface area contributed by atoms with Crippen molar-refractivity contribution >= 4 is 29.9 Å². The predicted molar refractivity (Wildman–Crippen MR) is 112 cm³/mol. The van der Waals surface area contributed by atoms with Gasteiger partial charge in [0, 0.05) is 20.1 Å². The van der Waals surface area contributed by atoms with E-state index in [0.717, 1.165) is 50.3 Å². The second-order valence-electron chi connectivity index (χ2n) is 6.21. The molecule has 0 radical (unpaired) electrons. The number of aliphatic hydroxyl groups is 1. The van der Waals surface area contributed by atoms with E-state index in [0.29, 0.717) is 6.54 Å². The quantitative estimate of drug-likeness (QED) is 0.224. The van der Waals surface area contributed by atoms with Gasteiger partial charge in [0.1, 0.15) is 5.60 Å². The number of fused-ring (bicyclic) bond motifs is 1. The van der Waals surface area contributed by atoms with Gasteiger partial charge in [-0.3, -0.25) is 0 Å². The first kappa shape index (κ1) is 21.0. The summed E-state index contributed by atoms with van der Waals surface area (Å²) in [4.78, 5) is 6.82. The van der Waals surface area contributed by atoms with E-state index in [9.17, 15) is 5.11 Å². The Morgan fingerprint density at radius 1 is 1.46 bits per heavy atom. The topological polar surface area (TPSA) is 47.9 Å². The Morgan fingerprint density at radius 2 is 2.21 bits per heavy atom. The van der Waals surface area contributed by atoms with Gasteiger partial charge in [0.25, 0.3) is 0 Å². The van der Waals surface area contributed by atoms with Crippen molar-refractivity contribution in [1.82, 2.24) is 10.2 Å². The molecule has 0 bridgehead atoms. The Labute approximate surface area is 163 Å². The fourth-order valence-corrected chi connectivity index (χ4v) is 3.09. The zero-order chi connectivity index (χ0) is 16.7. The normalized spacial score (nSPS) is 19.4. The number of benzene rings is 1. The highest BCUT2D eigenvalue weighted by Crippen LogP contribution is 2.36. The minimum atomic E-state index is -0.834. The van der Waals surface area contributed by atoms with Gasteiger partial charge in [0.15, 0.2) is 5.96 Å². The Balaban J connectivity index is 0.00000288. The highest BCUT2D eigenvalue weighted by Gasteiger charge is 2.36.